The topological polar surface area (TPSA) is 49.3 Å². The number of hydrogen-bond donors (Lipinski definition) is 2. The van der Waals surface area contributed by atoms with Crippen molar-refractivity contribution in [2.45, 2.75) is 37.6 Å². The molecule has 0 atom stereocenters. The van der Waals surface area contributed by atoms with E-state index in [4.69, 9.17) is 0 Å². The second-order valence-electron chi connectivity index (χ2n) is 5.19. The van der Waals surface area contributed by atoms with Gasteiger partial charge in [0.15, 0.2) is 0 Å². The van der Waals surface area contributed by atoms with E-state index in [1.807, 2.05) is 30.3 Å². The van der Waals surface area contributed by atoms with Crippen molar-refractivity contribution >= 4 is 11.5 Å². The third-order valence-corrected chi connectivity index (χ3v) is 4.04. The summed E-state index contributed by atoms with van der Waals surface area (Å²) in [5.74, 6) is 0.110. The van der Waals surface area contributed by atoms with Crippen molar-refractivity contribution in [3.05, 3.63) is 41.7 Å². The minimum Gasteiger partial charge on any atom is -0.509 e. The van der Waals surface area contributed by atoms with E-state index in [9.17, 15) is 9.90 Å². The van der Waals surface area contributed by atoms with Gasteiger partial charge in [-0.05, 0) is 18.4 Å². The molecule has 2 aliphatic rings. The van der Waals surface area contributed by atoms with Gasteiger partial charge in [0.05, 0.1) is 11.1 Å². The van der Waals surface area contributed by atoms with Gasteiger partial charge in [0.25, 0.3) is 5.91 Å². The highest BCUT2D eigenvalue weighted by Crippen LogP contribution is 2.40. The van der Waals surface area contributed by atoms with Gasteiger partial charge in [-0.2, -0.15) is 0 Å². The fourth-order valence-corrected chi connectivity index (χ4v) is 3.08. The number of rotatable bonds is 1. The van der Waals surface area contributed by atoms with Gasteiger partial charge in [-0.1, -0.05) is 49.6 Å². The molecule has 1 saturated carbocycles. The Morgan fingerprint density at radius 1 is 1.06 bits per heavy atom. The van der Waals surface area contributed by atoms with Crippen LogP contribution in [0.5, 0.6) is 0 Å². The first-order chi connectivity index (χ1) is 8.73. The Bertz CT molecular complexity index is 498. The molecule has 1 aromatic carbocycles. The van der Waals surface area contributed by atoms with Crippen LogP contribution < -0.4 is 5.32 Å². The molecule has 0 radical (unpaired) electrons. The minimum absolute atomic E-state index is 0.138. The molecule has 1 aromatic rings. The Morgan fingerprint density at radius 2 is 1.72 bits per heavy atom. The number of amides is 1. The van der Waals surface area contributed by atoms with Crippen LogP contribution in [0.15, 0.2) is 36.1 Å². The number of benzene rings is 1. The van der Waals surface area contributed by atoms with Crippen molar-refractivity contribution in [3.63, 3.8) is 0 Å². The zero-order valence-electron chi connectivity index (χ0n) is 10.3. The zero-order chi connectivity index (χ0) is 12.6. The molecule has 1 fully saturated rings. The van der Waals surface area contributed by atoms with Crippen molar-refractivity contribution in [1.82, 2.24) is 5.32 Å². The molecule has 3 rings (SSSR count). The Hall–Kier alpha value is -1.77. The third kappa shape index (κ3) is 1.62. The Morgan fingerprint density at radius 3 is 2.39 bits per heavy atom. The summed E-state index contributed by atoms with van der Waals surface area (Å²) < 4.78 is 0. The zero-order valence-corrected chi connectivity index (χ0v) is 10.3. The highest BCUT2D eigenvalue weighted by atomic mass is 16.3. The maximum atomic E-state index is 12.1. The summed E-state index contributed by atoms with van der Waals surface area (Å²) in [6, 6.07) is 9.41. The molecule has 1 heterocycles. The van der Waals surface area contributed by atoms with Crippen molar-refractivity contribution in [3.8, 4) is 0 Å². The van der Waals surface area contributed by atoms with E-state index in [2.05, 4.69) is 5.32 Å². The van der Waals surface area contributed by atoms with E-state index in [-0.39, 0.29) is 11.7 Å². The number of carbonyl (C=O) groups is 1. The van der Waals surface area contributed by atoms with Gasteiger partial charge in [-0.15, -0.1) is 0 Å². The fourth-order valence-electron chi connectivity index (χ4n) is 3.08. The van der Waals surface area contributed by atoms with Crippen molar-refractivity contribution in [2.75, 3.05) is 0 Å². The first-order valence-electron chi connectivity index (χ1n) is 6.55. The maximum Gasteiger partial charge on any atom is 0.256 e. The molecule has 0 bridgehead atoms. The minimum atomic E-state index is -0.486. The smallest absolute Gasteiger partial charge is 0.256 e. The standard InChI is InChI=1S/C15H17NO2/c17-13-12(11-7-3-1-4-8-11)14(18)16-15(13)9-5-2-6-10-15/h1,3-4,7-8,17H,2,5-6,9-10H2,(H,16,18). The first kappa shape index (κ1) is 11.3. The van der Waals surface area contributed by atoms with E-state index in [1.54, 1.807) is 0 Å². The van der Waals surface area contributed by atoms with E-state index in [1.165, 1.54) is 6.42 Å². The number of hydrogen-bond acceptors (Lipinski definition) is 2. The van der Waals surface area contributed by atoms with E-state index >= 15 is 0 Å². The van der Waals surface area contributed by atoms with Gasteiger partial charge in [0.2, 0.25) is 0 Å². The molecule has 1 spiro atoms. The third-order valence-electron chi connectivity index (χ3n) is 4.04. The SMILES string of the molecule is O=C1NC2(CCCCC2)C(O)=C1c1ccccc1. The van der Waals surface area contributed by atoms with Gasteiger partial charge in [-0.25, -0.2) is 0 Å². The van der Waals surface area contributed by atoms with Crippen LogP contribution in [-0.2, 0) is 4.79 Å². The summed E-state index contributed by atoms with van der Waals surface area (Å²) in [5, 5.41) is 13.5. The molecule has 0 unspecified atom stereocenters. The summed E-state index contributed by atoms with van der Waals surface area (Å²) in [4.78, 5) is 12.1. The molecule has 3 nitrogen and oxygen atoms in total. The van der Waals surface area contributed by atoms with Crippen LogP contribution in [0.1, 0.15) is 37.7 Å². The summed E-state index contributed by atoms with van der Waals surface area (Å²) in [6.45, 7) is 0. The van der Waals surface area contributed by atoms with Crippen LogP contribution in [0.2, 0.25) is 0 Å². The molecule has 18 heavy (non-hydrogen) atoms. The molecule has 1 amide bonds. The molecule has 0 aromatic heterocycles. The summed E-state index contributed by atoms with van der Waals surface area (Å²) in [7, 11) is 0. The highest BCUT2D eigenvalue weighted by Gasteiger charge is 2.46. The highest BCUT2D eigenvalue weighted by molar-refractivity contribution is 6.23. The summed E-state index contributed by atoms with van der Waals surface area (Å²) in [5.41, 5.74) is 0.771. The molecule has 3 heteroatoms. The van der Waals surface area contributed by atoms with E-state index in [0.29, 0.717) is 5.57 Å². The Balaban J connectivity index is 2.05. The average Bonchev–Trinajstić information content (AvgIpc) is 2.63. The van der Waals surface area contributed by atoms with Gasteiger partial charge in [0, 0.05) is 0 Å². The average molecular weight is 243 g/mol. The van der Waals surface area contributed by atoms with E-state index in [0.717, 1.165) is 31.2 Å². The molecule has 1 aliphatic carbocycles. The van der Waals surface area contributed by atoms with Crippen LogP contribution in [0.25, 0.3) is 5.57 Å². The normalized spacial score (nSPS) is 22.3. The quantitative estimate of drug-likeness (QED) is 0.796. The second kappa shape index (κ2) is 4.16. The lowest BCUT2D eigenvalue weighted by Crippen LogP contribution is -2.46. The van der Waals surface area contributed by atoms with Gasteiger partial charge in [-0.3, -0.25) is 4.79 Å². The lowest BCUT2D eigenvalue weighted by molar-refractivity contribution is -0.116. The Kier molecular flexibility index (Phi) is 2.62. The van der Waals surface area contributed by atoms with Crippen molar-refractivity contribution < 1.29 is 9.90 Å². The molecule has 0 saturated heterocycles. The van der Waals surface area contributed by atoms with Crippen LogP contribution in [0.4, 0.5) is 0 Å². The monoisotopic (exact) mass is 243 g/mol. The Labute approximate surface area is 107 Å². The largest absolute Gasteiger partial charge is 0.509 e. The molecule has 1 aliphatic heterocycles. The number of carbonyl (C=O) groups excluding carboxylic acids is 1. The predicted molar refractivity (Wildman–Crippen MR) is 69.9 cm³/mol. The van der Waals surface area contributed by atoms with Crippen LogP contribution in [-0.4, -0.2) is 16.6 Å². The molecule has 94 valence electrons. The first-order valence-corrected chi connectivity index (χ1v) is 6.55. The van der Waals surface area contributed by atoms with Crippen molar-refractivity contribution in [2.24, 2.45) is 0 Å². The summed E-state index contributed by atoms with van der Waals surface area (Å²) in [6.07, 6.45) is 5.01. The molecule has 2 N–H and O–H groups in total. The lowest BCUT2D eigenvalue weighted by atomic mass is 9.80. The second-order valence-corrected chi connectivity index (χ2v) is 5.19. The predicted octanol–water partition coefficient (Wildman–Crippen LogP) is 2.79. The number of nitrogens with one attached hydrogen (secondary N) is 1. The fraction of sp³-hybridized carbons (Fsp3) is 0.400. The number of aliphatic hydroxyl groups excluding tert-OH is 1. The van der Waals surface area contributed by atoms with E-state index < -0.39 is 5.54 Å². The summed E-state index contributed by atoms with van der Waals surface area (Å²) >= 11 is 0. The van der Waals surface area contributed by atoms with Crippen LogP contribution in [0, 0.1) is 0 Å². The van der Waals surface area contributed by atoms with Gasteiger partial charge >= 0.3 is 0 Å². The molecular weight excluding hydrogens is 226 g/mol. The number of aliphatic hydroxyl groups is 1. The van der Waals surface area contributed by atoms with Gasteiger partial charge < -0.3 is 10.4 Å². The molecular formula is C15H17NO2. The van der Waals surface area contributed by atoms with Gasteiger partial charge in [0.1, 0.15) is 5.76 Å². The maximum absolute atomic E-state index is 12.1. The van der Waals surface area contributed by atoms with Crippen LogP contribution in [0.3, 0.4) is 0 Å². The van der Waals surface area contributed by atoms with Crippen molar-refractivity contribution in [1.29, 1.82) is 0 Å². The van der Waals surface area contributed by atoms with Crippen LogP contribution >= 0.6 is 0 Å². The lowest BCUT2D eigenvalue weighted by Gasteiger charge is -2.33.